The van der Waals surface area contributed by atoms with E-state index in [0.29, 0.717) is 26.2 Å². The molecule has 1 unspecified atom stereocenters. The Kier molecular flexibility index (Phi) is 5.47. The van der Waals surface area contributed by atoms with E-state index in [1.54, 1.807) is 8.61 Å². The molecule has 2 aliphatic heterocycles. The fraction of sp³-hybridized carbons (Fsp3) is 0.929. The first-order valence-electron chi connectivity index (χ1n) is 7.81. The van der Waals surface area contributed by atoms with Crippen LogP contribution in [0.4, 0.5) is 0 Å². The van der Waals surface area contributed by atoms with Crippen molar-refractivity contribution < 1.29 is 23.1 Å². The molecule has 2 rings (SSSR count). The van der Waals surface area contributed by atoms with E-state index in [-0.39, 0.29) is 18.1 Å². The molecular weight excluding hydrogens is 308 g/mol. The molecule has 0 spiro atoms. The highest BCUT2D eigenvalue weighted by atomic mass is 32.2. The van der Waals surface area contributed by atoms with Crippen molar-refractivity contribution in [2.24, 2.45) is 5.92 Å². The fourth-order valence-electron chi connectivity index (χ4n) is 3.34. The van der Waals surface area contributed by atoms with E-state index in [2.05, 4.69) is 0 Å². The maximum atomic E-state index is 12.8. The Bertz CT molecular complexity index is 505. The SMILES string of the molecule is CC1(C)CCCN1S(=O)(=O)N1CCCC(COCC(=O)O)C1. The molecule has 22 heavy (non-hydrogen) atoms. The third-order valence-corrected chi connectivity index (χ3v) is 6.71. The number of carboxylic acid groups (broad SMARTS) is 1. The van der Waals surface area contributed by atoms with Gasteiger partial charge in [-0.2, -0.15) is 17.0 Å². The smallest absolute Gasteiger partial charge is 0.329 e. The number of ether oxygens (including phenoxy) is 1. The van der Waals surface area contributed by atoms with Crippen molar-refractivity contribution in [3.8, 4) is 0 Å². The Morgan fingerprint density at radius 3 is 2.64 bits per heavy atom. The van der Waals surface area contributed by atoms with Gasteiger partial charge in [0.2, 0.25) is 0 Å². The second kappa shape index (κ2) is 6.82. The third-order valence-electron chi connectivity index (χ3n) is 4.49. The summed E-state index contributed by atoms with van der Waals surface area (Å²) in [4.78, 5) is 10.5. The highest BCUT2D eigenvalue weighted by molar-refractivity contribution is 7.86. The van der Waals surface area contributed by atoms with Gasteiger partial charge in [0, 0.05) is 25.2 Å². The maximum Gasteiger partial charge on any atom is 0.329 e. The molecule has 7 nitrogen and oxygen atoms in total. The van der Waals surface area contributed by atoms with Crippen molar-refractivity contribution >= 4 is 16.2 Å². The number of hydrogen-bond acceptors (Lipinski definition) is 4. The fourth-order valence-corrected chi connectivity index (χ4v) is 5.45. The normalized spacial score (nSPS) is 27.1. The monoisotopic (exact) mass is 334 g/mol. The van der Waals surface area contributed by atoms with Gasteiger partial charge >= 0.3 is 5.97 Å². The van der Waals surface area contributed by atoms with E-state index >= 15 is 0 Å². The van der Waals surface area contributed by atoms with E-state index < -0.39 is 16.2 Å². The molecule has 0 radical (unpaired) electrons. The van der Waals surface area contributed by atoms with Gasteiger partial charge in [-0.3, -0.25) is 0 Å². The van der Waals surface area contributed by atoms with Gasteiger partial charge in [-0.15, -0.1) is 0 Å². The number of carbonyl (C=O) groups is 1. The quantitative estimate of drug-likeness (QED) is 0.780. The van der Waals surface area contributed by atoms with Gasteiger partial charge in [0.05, 0.1) is 6.61 Å². The number of nitrogens with zero attached hydrogens (tertiary/aromatic N) is 2. The largest absolute Gasteiger partial charge is 0.480 e. The van der Waals surface area contributed by atoms with Crippen LogP contribution in [0.2, 0.25) is 0 Å². The van der Waals surface area contributed by atoms with Crippen LogP contribution >= 0.6 is 0 Å². The van der Waals surface area contributed by atoms with Gasteiger partial charge in [0.15, 0.2) is 0 Å². The molecule has 128 valence electrons. The summed E-state index contributed by atoms with van der Waals surface area (Å²) in [5, 5.41) is 8.59. The first kappa shape index (κ1) is 17.7. The molecule has 8 heteroatoms. The number of piperidine rings is 1. The zero-order valence-electron chi connectivity index (χ0n) is 13.3. The van der Waals surface area contributed by atoms with Crippen LogP contribution in [0.1, 0.15) is 39.5 Å². The Balaban J connectivity index is 1.97. The lowest BCUT2D eigenvalue weighted by molar-refractivity contribution is -0.142. The molecule has 0 aromatic heterocycles. The summed E-state index contributed by atoms with van der Waals surface area (Å²) in [6.07, 6.45) is 3.43. The molecule has 0 aliphatic carbocycles. The number of aliphatic carboxylic acids is 1. The zero-order valence-corrected chi connectivity index (χ0v) is 14.1. The standard InChI is InChI=1S/C14H26N2O5S/c1-14(2)6-4-8-16(14)22(19,20)15-7-3-5-12(9-15)10-21-11-13(17)18/h12H,3-11H2,1-2H3,(H,17,18). The summed E-state index contributed by atoms with van der Waals surface area (Å²) in [5.74, 6) is -0.937. The van der Waals surface area contributed by atoms with Crippen LogP contribution in [0, 0.1) is 5.92 Å². The Hall–Kier alpha value is -0.700. The number of rotatable bonds is 6. The van der Waals surface area contributed by atoms with Gasteiger partial charge in [-0.1, -0.05) is 0 Å². The van der Waals surface area contributed by atoms with Crippen LogP contribution in [-0.2, 0) is 19.7 Å². The molecule has 2 fully saturated rings. The maximum absolute atomic E-state index is 12.8. The minimum atomic E-state index is -3.45. The molecule has 2 aliphatic rings. The summed E-state index contributed by atoms with van der Waals surface area (Å²) in [5.41, 5.74) is -0.328. The van der Waals surface area contributed by atoms with Crippen LogP contribution in [0.25, 0.3) is 0 Å². The lowest BCUT2D eigenvalue weighted by Gasteiger charge is -2.38. The molecule has 2 saturated heterocycles. The van der Waals surface area contributed by atoms with Gasteiger partial charge in [-0.25, -0.2) is 4.79 Å². The summed E-state index contributed by atoms with van der Waals surface area (Å²) >= 11 is 0. The Morgan fingerprint density at radius 1 is 1.32 bits per heavy atom. The molecule has 0 aromatic rings. The first-order chi connectivity index (χ1) is 10.2. The van der Waals surface area contributed by atoms with Crippen molar-refractivity contribution in [2.45, 2.75) is 45.1 Å². The summed E-state index contributed by atoms with van der Waals surface area (Å²) in [6.45, 7) is 5.42. The van der Waals surface area contributed by atoms with Gasteiger partial charge in [0.25, 0.3) is 10.2 Å². The molecular formula is C14H26N2O5S. The summed E-state index contributed by atoms with van der Waals surface area (Å²) in [6, 6.07) is 0. The number of carboxylic acids is 1. The van der Waals surface area contributed by atoms with Crippen LogP contribution in [-0.4, -0.2) is 66.5 Å². The van der Waals surface area contributed by atoms with Crippen molar-refractivity contribution in [2.75, 3.05) is 32.8 Å². The Labute approximate surface area is 132 Å². The van der Waals surface area contributed by atoms with E-state index in [4.69, 9.17) is 9.84 Å². The zero-order chi connectivity index (χ0) is 16.4. The highest BCUT2D eigenvalue weighted by Crippen LogP contribution is 2.33. The second-order valence-electron chi connectivity index (χ2n) is 6.77. The number of hydrogen-bond donors (Lipinski definition) is 1. The van der Waals surface area contributed by atoms with Crippen LogP contribution < -0.4 is 0 Å². The van der Waals surface area contributed by atoms with E-state index in [0.717, 1.165) is 25.7 Å². The van der Waals surface area contributed by atoms with Gasteiger partial charge in [-0.05, 0) is 45.4 Å². The lowest BCUT2D eigenvalue weighted by Crippen LogP contribution is -2.53. The second-order valence-corrected chi connectivity index (χ2v) is 8.62. The Morgan fingerprint density at radius 2 is 2.05 bits per heavy atom. The molecule has 0 amide bonds. The lowest BCUT2D eigenvalue weighted by atomic mass is 10.0. The van der Waals surface area contributed by atoms with Crippen LogP contribution in [0.15, 0.2) is 0 Å². The van der Waals surface area contributed by atoms with Crippen molar-refractivity contribution in [3.05, 3.63) is 0 Å². The van der Waals surface area contributed by atoms with Crippen molar-refractivity contribution in [1.29, 1.82) is 0 Å². The van der Waals surface area contributed by atoms with E-state index in [9.17, 15) is 13.2 Å². The average molecular weight is 334 g/mol. The molecule has 1 N–H and O–H groups in total. The molecule has 1 atom stereocenters. The average Bonchev–Trinajstić information content (AvgIpc) is 2.79. The predicted molar refractivity (Wildman–Crippen MR) is 81.7 cm³/mol. The van der Waals surface area contributed by atoms with E-state index in [1.807, 2.05) is 13.8 Å². The topological polar surface area (TPSA) is 87.2 Å². The third kappa shape index (κ3) is 3.98. The minimum absolute atomic E-state index is 0.0635. The van der Waals surface area contributed by atoms with Crippen LogP contribution in [0.5, 0.6) is 0 Å². The van der Waals surface area contributed by atoms with Gasteiger partial charge in [0.1, 0.15) is 6.61 Å². The van der Waals surface area contributed by atoms with Gasteiger partial charge < -0.3 is 9.84 Å². The minimum Gasteiger partial charge on any atom is -0.480 e. The van der Waals surface area contributed by atoms with Crippen LogP contribution in [0.3, 0.4) is 0 Å². The first-order valence-corrected chi connectivity index (χ1v) is 9.20. The molecule has 0 aromatic carbocycles. The van der Waals surface area contributed by atoms with Crippen molar-refractivity contribution in [3.63, 3.8) is 0 Å². The summed E-state index contributed by atoms with van der Waals surface area (Å²) in [7, 11) is -3.45. The van der Waals surface area contributed by atoms with Crippen molar-refractivity contribution in [1.82, 2.24) is 8.61 Å². The molecule has 0 saturated carbocycles. The summed E-state index contributed by atoms with van der Waals surface area (Å²) < 4.78 is 34.0. The molecule has 0 bridgehead atoms. The van der Waals surface area contributed by atoms with E-state index in [1.165, 1.54) is 0 Å². The highest BCUT2D eigenvalue weighted by Gasteiger charge is 2.43. The predicted octanol–water partition coefficient (Wildman–Crippen LogP) is 0.919. The molecule has 2 heterocycles.